The lowest BCUT2D eigenvalue weighted by molar-refractivity contribution is 0.168. The van der Waals surface area contributed by atoms with Gasteiger partial charge in [0.25, 0.3) is 0 Å². The van der Waals surface area contributed by atoms with E-state index in [0.717, 1.165) is 5.56 Å². The monoisotopic (exact) mass is 190 g/mol. The first-order valence-electron chi connectivity index (χ1n) is 4.62. The van der Waals surface area contributed by atoms with Crippen LogP contribution in [0.15, 0.2) is 24.3 Å². The fraction of sp³-hybridized carbons (Fsp3) is 0.333. The van der Waals surface area contributed by atoms with Crippen LogP contribution in [0.3, 0.4) is 0 Å². The van der Waals surface area contributed by atoms with Crippen LogP contribution < -0.4 is 4.74 Å². The summed E-state index contributed by atoms with van der Waals surface area (Å²) in [6.45, 7) is 2.15. The molecular weight excluding hydrogens is 176 g/mol. The Morgan fingerprint density at radius 3 is 2.86 bits per heavy atom. The Kier molecular flexibility index (Phi) is 4.03. The molecule has 0 aliphatic carbocycles. The number of aliphatic hydroxyl groups is 1. The van der Waals surface area contributed by atoms with Crippen molar-refractivity contribution in [2.24, 2.45) is 0 Å². The summed E-state index contributed by atoms with van der Waals surface area (Å²) in [5.41, 5.74) is 0.797. The Morgan fingerprint density at radius 1 is 1.50 bits per heavy atom. The van der Waals surface area contributed by atoms with Gasteiger partial charge in [-0.25, -0.2) is 0 Å². The molecule has 0 unspecified atom stereocenters. The quantitative estimate of drug-likeness (QED) is 0.737. The van der Waals surface area contributed by atoms with E-state index >= 15 is 0 Å². The number of rotatable bonds is 4. The molecule has 0 saturated heterocycles. The molecule has 0 aliphatic heterocycles. The summed E-state index contributed by atoms with van der Waals surface area (Å²) in [7, 11) is 0. The van der Waals surface area contributed by atoms with Gasteiger partial charge in [0.1, 0.15) is 12.4 Å². The van der Waals surface area contributed by atoms with Gasteiger partial charge in [-0.1, -0.05) is 31.0 Å². The minimum atomic E-state index is -0.482. The molecule has 0 spiro atoms. The van der Waals surface area contributed by atoms with E-state index in [9.17, 15) is 5.11 Å². The van der Waals surface area contributed by atoms with Crippen LogP contribution in [0.2, 0.25) is 0 Å². The molecule has 0 amide bonds. The maximum absolute atomic E-state index is 9.68. The fourth-order valence-corrected chi connectivity index (χ4v) is 1.23. The lowest BCUT2D eigenvalue weighted by Gasteiger charge is -2.13. The zero-order chi connectivity index (χ0) is 10.4. The molecule has 2 heteroatoms. The maximum atomic E-state index is 9.68. The number of para-hydroxylation sites is 1. The third-order valence-electron chi connectivity index (χ3n) is 1.98. The number of ether oxygens (including phenoxy) is 1. The van der Waals surface area contributed by atoms with Crippen molar-refractivity contribution in [3.63, 3.8) is 0 Å². The third-order valence-corrected chi connectivity index (χ3v) is 1.98. The number of hydrogen-bond acceptors (Lipinski definition) is 2. The topological polar surface area (TPSA) is 29.5 Å². The van der Waals surface area contributed by atoms with E-state index < -0.39 is 6.10 Å². The van der Waals surface area contributed by atoms with Crippen molar-refractivity contribution in [2.45, 2.75) is 19.4 Å². The predicted molar refractivity (Wildman–Crippen MR) is 56.0 cm³/mol. The SMILES string of the molecule is C#CCOc1ccccc1[C@@H](O)CC. The Hall–Kier alpha value is -1.46. The smallest absolute Gasteiger partial charge is 0.148 e. The van der Waals surface area contributed by atoms with Crippen molar-refractivity contribution in [2.75, 3.05) is 6.61 Å². The van der Waals surface area contributed by atoms with E-state index in [1.165, 1.54) is 0 Å². The van der Waals surface area contributed by atoms with E-state index in [2.05, 4.69) is 5.92 Å². The van der Waals surface area contributed by atoms with Crippen LogP contribution in [0, 0.1) is 12.3 Å². The predicted octanol–water partition coefficient (Wildman–Crippen LogP) is 2.14. The number of terminal acetylenes is 1. The Morgan fingerprint density at radius 2 is 2.21 bits per heavy atom. The first-order valence-corrected chi connectivity index (χ1v) is 4.62. The minimum absolute atomic E-state index is 0.230. The molecule has 0 radical (unpaired) electrons. The largest absolute Gasteiger partial charge is 0.481 e. The normalized spacial score (nSPS) is 11.8. The second-order valence-electron chi connectivity index (χ2n) is 2.95. The van der Waals surface area contributed by atoms with Crippen LogP contribution in [0.25, 0.3) is 0 Å². The van der Waals surface area contributed by atoms with Crippen LogP contribution in [0.1, 0.15) is 25.0 Å². The Labute approximate surface area is 84.5 Å². The number of aliphatic hydroxyl groups excluding tert-OH is 1. The van der Waals surface area contributed by atoms with Crippen molar-refractivity contribution >= 4 is 0 Å². The van der Waals surface area contributed by atoms with Crippen LogP contribution >= 0.6 is 0 Å². The third kappa shape index (κ3) is 2.51. The van der Waals surface area contributed by atoms with Gasteiger partial charge in [0, 0.05) is 5.56 Å². The van der Waals surface area contributed by atoms with Gasteiger partial charge < -0.3 is 9.84 Å². The summed E-state index contributed by atoms with van der Waals surface area (Å²) in [5, 5.41) is 9.68. The highest BCUT2D eigenvalue weighted by atomic mass is 16.5. The highest BCUT2D eigenvalue weighted by molar-refractivity contribution is 5.35. The van der Waals surface area contributed by atoms with Gasteiger partial charge in [0.15, 0.2) is 0 Å². The average molecular weight is 190 g/mol. The van der Waals surface area contributed by atoms with E-state index in [0.29, 0.717) is 12.2 Å². The first-order chi connectivity index (χ1) is 6.79. The van der Waals surface area contributed by atoms with Crippen LogP contribution in [-0.2, 0) is 0 Å². The molecule has 14 heavy (non-hydrogen) atoms. The average Bonchev–Trinajstić information content (AvgIpc) is 2.25. The maximum Gasteiger partial charge on any atom is 0.148 e. The van der Waals surface area contributed by atoms with Gasteiger partial charge in [-0.05, 0) is 12.5 Å². The van der Waals surface area contributed by atoms with Gasteiger partial charge in [0.05, 0.1) is 6.10 Å². The van der Waals surface area contributed by atoms with Crippen LogP contribution in [0.5, 0.6) is 5.75 Å². The van der Waals surface area contributed by atoms with Gasteiger partial charge >= 0.3 is 0 Å². The van der Waals surface area contributed by atoms with Gasteiger partial charge in [-0.2, -0.15) is 0 Å². The summed E-state index contributed by atoms with van der Waals surface area (Å²) in [5.74, 6) is 3.06. The fourth-order valence-electron chi connectivity index (χ4n) is 1.23. The number of hydrogen-bond donors (Lipinski definition) is 1. The number of benzene rings is 1. The molecular formula is C12H14O2. The second kappa shape index (κ2) is 5.31. The molecule has 1 rings (SSSR count). The second-order valence-corrected chi connectivity index (χ2v) is 2.95. The molecule has 0 bridgehead atoms. The van der Waals surface area contributed by atoms with Gasteiger partial charge in [-0.15, -0.1) is 6.42 Å². The molecule has 1 aromatic carbocycles. The minimum Gasteiger partial charge on any atom is -0.481 e. The Bertz CT molecular complexity index is 325. The molecule has 0 heterocycles. The Balaban J connectivity index is 2.86. The molecule has 0 aliphatic rings. The van der Waals surface area contributed by atoms with E-state index in [1.807, 2.05) is 31.2 Å². The van der Waals surface area contributed by atoms with Crippen molar-refractivity contribution in [1.82, 2.24) is 0 Å². The highest BCUT2D eigenvalue weighted by Crippen LogP contribution is 2.26. The van der Waals surface area contributed by atoms with Crippen LogP contribution in [0.4, 0.5) is 0 Å². The molecule has 1 aromatic rings. The van der Waals surface area contributed by atoms with E-state index in [-0.39, 0.29) is 6.61 Å². The molecule has 2 nitrogen and oxygen atoms in total. The first kappa shape index (κ1) is 10.6. The highest BCUT2D eigenvalue weighted by Gasteiger charge is 2.10. The van der Waals surface area contributed by atoms with E-state index in [4.69, 9.17) is 11.2 Å². The standard InChI is InChI=1S/C12H14O2/c1-3-9-14-12-8-6-5-7-10(12)11(13)4-2/h1,5-8,11,13H,4,9H2,2H3/t11-/m0/s1. The molecule has 0 aromatic heterocycles. The van der Waals surface area contributed by atoms with Crippen LogP contribution in [-0.4, -0.2) is 11.7 Å². The van der Waals surface area contributed by atoms with Gasteiger partial charge in [-0.3, -0.25) is 0 Å². The van der Waals surface area contributed by atoms with E-state index in [1.54, 1.807) is 0 Å². The lowest BCUT2D eigenvalue weighted by atomic mass is 10.1. The molecule has 74 valence electrons. The lowest BCUT2D eigenvalue weighted by Crippen LogP contribution is -2.01. The summed E-state index contributed by atoms with van der Waals surface area (Å²) < 4.78 is 5.31. The van der Waals surface area contributed by atoms with Crippen molar-refractivity contribution in [3.8, 4) is 18.1 Å². The summed E-state index contributed by atoms with van der Waals surface area (Å²) in [4.78, 5) is 0. The zero-order valence-electron chi connectivity index (χ0n) is 8.23. The molecule has 1 atom stereocenters. The molecule has 0 saturated carbocycles. The van der Waals surface area contributed by atoms with Crippen molar-refractivity contribution in [1.29, 1.82) is 0 Å². The summed E-state index contributed by atoms with van der Waals surface area (Å²) in [6, 6.07) is 7.39. The summed E-state index contributed by atoms with van der Waals surface area (Å²) in [6.07, 6.45) is 5.28. The zero-order valence-corrected chi connectivity index (χ0v) is 8.23. The molecule has 0 fully saturated rings. The molecule has 1 N–H and O–H groups in total. The van der Waals surface area contributed by atoms with Gasteiger partial charge in [0.2, 0.25) is 0 Å². The van der Waals surface area contributed by atoms with Crippen molar-refractivity contribution in [3.05, 3.63) is 29.8 Å². The summed E-state index contributed by atoms with van der Waals surface area (Å²) >= 11 is 0. The van der Waals surface area contributed by atoms with Crippen molar-refractivity contribution < 1.29 is 9.84 Å².